The van der Waals surface area contributed by atoms with Crippen LogP contribution in [0.5, 0.6) is 0 Å². The average Bonchev–Trinajstić information content (AvgIpc) is 2.95. The van der Waals surface area contributed by atoms with Crippen molar-refractivity contribution < 1.29 is 18.0 Å². The molecule has 1 atom stereocenters. The number of carbonyl (C=O) groups excluding carboxylic acids is 2. The average molecular weight is 378 g/mol. The van der Waals surface area contributed by atoms with Gasteiger partial charge in [0.25, 0.3) is 0 Å². The fourth-order valence-electron chi connectivity index (χ4n) is 3.73. The number of hydrogen-bond donors (Lipinski definition) is 2. The number of sulfone groups is 1. The van der Waals surface area contributed by atoms with Crippen molar-refractivity contribution in [3.63, 3.8) is 0 Å². The molecule has 26 heavy (non-hydrogen) atoms. The molecule has 1 aliphatic heterocycles. The molecule has 2 amide bonds. The number of hydrogen-bond acceptors (Lipinski definition) is 4. The van der Waals surface area contributed by atoms with Crippen molar-refractivity contribution >= 4 is 27.3 Å². The number of amides is 2. The quantitative estimate of drug-likeness (QED) is 0.839. The summed E-state index contributed by atoms with van der Waals surface area (Å²) in [5.41, 5.74) is 1.94. The van der Waals surface area contributed by atoms with Crippen LogP contribution in [-0.2, 0) is 19.4 Å². The molecule has 0 spiro atoms. The summed E-state index contributed by atoms with van der Waals surface area (Å²) < 4.78 is 23.0. The van der Waals surface area contributed by atoms with E-state index < -0.39 is 9.84 Å². The number of aryl methyl sites for hydroxylation is 1. The minimum absolute atomic E-state index is 0.00889. The zero-order valence-electron chi connectivity index (χ0n) is 15.0. The monoisotopic (exact) mass is 378 g/mol. The number of rotatable bonds is 4. The number of nitrogens with one attached hydrogen (secondary N) is 2. The largest absolute Gasteiger partial charge is 0.352 e. The lowest BCUT2D eigenvalue weighted by atomic mass is 9.81. The van der Waals surface area contributed by atoms with Gasteiger partial charge in [-0.05, 0) is 51.2 Å². The molecule has 2 fully saturated rings. The third-order valence-corrected chi connectivity index (χ3v) is 7.13. The van der Waals surface area contributed by atoms with E-state index in [1.807, 2.05) is 31.2 Å². The van der Waals surface area contributed by atoms with E-state index in [9.17, 15) is 18.0 Å². The van der Waals surface area contributed by atoms with E-state index in [0.29, 0.717) is 32.1 Å². The van der Waals surface area contributed by atoms with Gasteiger partial charge in [-0.25, -0.2) is 8.42 Å². The Kier molecular flexibility index (Phi) is 5.65. The van der Waals surface area contributed by atoms with E-state index in [0.717, 1.165) is 11.3 Å². The molecule has 1 aromatic rings. The van der Waals surface area contributed by atoms with Crippen LogP contribution in [0.4, 0.5) is 5.69 Å². The minimum Gasteiger partial charge on any atom is -0.352 e. The first-order chi connectivity index (χ1) is 12.3. The molecule has 1 aromatic carbocycles. The van der Waals surface area contributed by atoms with Crippen molar-refractivity contribution in [3.8, 4) is 0 Å². The molecule has 0 radical (unpaired) electrons. The Balaban J connectivity index is 1.45. The van der Waals surface area contributed by atoms with Crippen LogP contribution >= 0.6 is 0 Å². The lowest BCUT2D eigenvalue weighted by molar-refractivity contribution is -0.129. The van der Waals surface area contributed by atoms with Gasteiger partial charge in [-0.2, -0.15) is 0 Å². The van der Waals surface area contributed by atoms with Gasteiger partial charge in [-0.3, -0.25) is 9.59 Å². The van der Waals surface area contributed by atoms with Gasteiger partial charge in [0.05, 0.1) is 11.5 Å². The van der Waals surface area contributed by atoms with Crippen LogP contribution in [0, 0.1) is 18.8 Å². The predicted molar refractivity (Wildman–Crippen MR) is 100 cm³/mol. The van der Waals surface area contributed by atoms with Gasteiger partial charge in [0.2, 0.25) is 11.8 Å². The van der Waals surface area contributed by atoms with Gasteiger partial charge in [-0.1, -0.05) is 17.7 Å². The van der Waals surface area contributed by atoms with Crippen LogP contribution in [0.25, 0.3) is 0 Å². The maximum atomic E-state index is 12.4. The lowest BCUT2D eigenvalue weighted by Crippen LogP contribution is -2.41. The zero-order chi connectivity index (χ0) is 18.7. The Hall–Kier alpha value is -1.89. The molecule has 2 aliphatic rings. The zero-order valence-corrected chi connectivity index (χ0v) is 15.8. The molecular formula is C19H26N2O4S. The first-order valence-corrected chi connectivity index (χ1v) is 11.0. The lowest BCUT2D eigenvalue weighted by Gasteiger charge is -2.28. The summed E-state index contributed by atoms with van der Waals surface area (Å²) in [5, 5.41) is 5.82. The topological polar surface area (TPSA) is 92.3 Å². The maximum Gasteiger partial charge on any atom is 0.227 e. The highest BCUT2D eigenvalue weighted by molar-refractivity contribution is 7.91. The summed E-state index contributed by atoms with van der Waals surface area (Å²) in [4.78, 5) is 24.8. The van der Waals surface area contributed by atoms with Crippen LogP contribution < -0.4 is 10.6 Å². The van der Waals surface area contributed by atoms with Crippen molar-refractivity contribution in [2.75, 3.05) is 16.8 Å². The van der Waals surface area contributed by atoms with Crippen LogP contribution in [0.15, 0.2) is 24.3 Å². The molecule has 1 saturated carbocycles. The second kappa shape index (κ2) is 7.78. The van der Waals surface area contributed by atoms with Crippen molar-refractivity contribution in [3.05, 3.63) is 29.8 Å². The molecule has 7 heteroatoms. The molecule has 0 aromatic heterocycles. The fraction of sp³-hybridized carbons (Fsp3) is 0.579. The summed E-state index contributed by atoms with van der Waals surface area (Å²) in [6.45, 7) is 2.00. The molecule has 1 unspecified atom stereocenters. The second-order valence-electron chi connectivity index (χ2n) is 7.51. The van der Waals surface area contributed by atoms with Gasteiger partial charge in [-0.15, -0.1) is 0 Å². The molecular weight excluding hydrogens is 352 g/mol. The Labute approximate surface area is 154 Å². The van der Waals surface area contributed by atoms with E-state index >= 15 is 0 Å². The molecule has 1 heterocycles. The van der Waals surface area contributed by atoms with Crippen LogP contribution in [0.1, 0.15) is 37.7 Å². The first-order valence-electron chi connectivity index (χ1n) is 9.21. The molecule has 2 N–H and O–H groups in total. The van der Waals surface area contributed by atoms with Gasteiger partial charge < -0.3 is 10.6 Å². The van der Waals surface area contributed by atoms with Gasteiger partial charge in [0.1, 0.15) is 0 Å². The minimum atomic E-state index is -2.99. The highest BCUT2D eigenvalue weighted by atomic mass is 32.2. The first kappa shape index (κ1) is 18.9. The fourth-order valence-corrected chi connectivity index (χ4v) is 5.40. The van der Waals surface area contributed by atoms with Crippen LogP contribution in [0.2, 0.25) is 0 Å². The van der Waals surface area contributed by atoms with Crippen molar-refractivity contribution in [1.29, 1.82) is 0 Å². The molecule has 142 valence electrons. The Morgan fingerprint density at radius 2 is 1.50 bits per heavy atom. The second-order valence-corrected chi connectivity index (χ2v) is 9.74. The van der Waals surface area contributed by atoms with Crippen LogP contribution in [-0.4, -0.2) is 37.8 Å². The number of benzene rings is 1. The Morgan fingerprint density at radius 3 is 2.04 bits per heavy atom. The third-order valence-electron chi connectivity index (χ3n) is 5.37. The summed E-state index contributed by atoms with van der Waals surface area (Å²) in [6.07, 6.45) is 3.19. The summed E-state index contributed by atoms with van der Waals surface area (Å²) >= 11 is 0. The predicted octanol–water partition coefficient (Wildman–Crippen LogP) is 2.04. The van der Waals surface area contributed by atoms with Gasteiger partial charge in [0, 0.05) is 23.6 Å². The van der Waals surface area contributed by atoms with E-state index in [-0.39, 0.29) is 41.2 Å². The van der Waals surface area contributed by atoms with E-state index in [4.69, 9.17) is 0 Å². The van der Waals surface area contributed by atoms with E-state index in [2.05, 4.69) is 10.6 Å². The number of anilines is 1. The Morgan fingerprint density at radius 1 is 0.923 bits per heavy atom. The molecule has 3 rings (SSSR count). The third kappa shape index (κ3) is 4.84. The van der Waals surface area contributed by atoms with Crippen molar-refractivity contribution in [1.82, 2.24) is 5.32 Å². The van der Waals surface area contributed by atoms with Gasteiger partial charge >= 0.3 is 0 Å². The molecule has 1 saturated heterocycles. The highest BCUT2D eigenvalue weighted by Crippen LogP contribution is 2.30. The Bertz CT molecular complexity index is 765. The van der Waals surface area contributed by atoms with Crippen LogP contribution in [0.3, 0.4) is 0 Å². The highest BCUT2D eigenvalue weighted by Gasteiger charge is 2.33. The van der Waals surface area contributed by atoms with Gasteiger partial charge in [0.15, 0.2) is 9.84 Å². The van der Waals surface area contributed by atoms with E-state index in [1.165, 1.54) is 0 Å². The van der Waals surface area contributed by atoms with Crippen molar-refractivity contribution in [2.24, 2.45) is 11.8 Å². The maximum absolute atomic E-state index is 12.4. The van der Waals surface area contributed by atoms with E-state index in [1.54, 1.807) is 0 Å². The molecule has 6 nitrogen and oxygen atoms in total. The summed E-state index contributed by atoms with van der Waals surface area (Å²) in [5.74, 6) is -0.0512. The molecule has 1 aliphatic carbocycles. The summed E-state index contributed by atoms with van der Waals surface area (Å²) in [7, 11) is -2.99. The summed E-state index contributed by atoms with van der Waals surface area (Å²) in [6, 6.07) is 7.44. The van der Waals surface area contributed by atoms with Crippen molar-refractivity contribution in [2.45, 2.75) is 45.1 Å². The normalized spacial score (nSPS) is 27.7. The standard InChI is InChI=1S/C19H26N2O4S/c1-13-2-8-16(9-3-13)20-18(22)14-4-6-15(7-5-14)19(23)21-17-10-11-26(24,25)12-17/h2-3,8-9,14-15,17H,4-7,10-12H2,1H3,(H,20,22)(H,21,23). The SMILES string of the molecule is Cc1ccc(NC(=O)C2CCC(C(=O)NC3CCS(=O)(=O)C3)CC2)cc1. The number of carbonyl (C=O) groups is 2. The smallest absolute Gasteiger partial charge is 0.227 e. The molecule has 0 bridgehead atoms.